The van der Waals surface area contributed by atoms with Crippen molar-refractivity contribution >= 4 is 11.6 Å². The van der Waals surface area contributed by atoms with E-state index in [1.165, 1.54) is 0 Å². The molecule has 2 atom stereocenters. The Balaban J connectivity index is 1.51. The van der Waals surface area contributed by atoms with Crippen molar-refractivity contribution in [3.8, 4) is 0 Å². The lowest BCUT2D eigenvalue weighted by atomic mass is 9.93. The highest BCUT2D eigenvalue weighted by Gasteiger charge is 2.34. The Labute approximate surface area is 131 Å². The maximum atomic E-state index is 12.5. The Morgan fingerprint density at radius 3 is 2.86 bits per heavy atom. The molecular formula is C16H26N4O2. The van der Waals surface area contributed by atoms with Gasteiger partial charge in [0.15, 0.2) is 0 Å². The quantitative estimate of drug-likeness (QED) is 0.891. The average Bonchev–Trinajstić information content (AvgIpc) is 3.07. The minimum Gasteiger partial charge on any atom is -0.381 e. The molecular weight excluding hydrogens is 280 g/mol. The van der Waals surface area contributed by atoms with Gasteiger partial charge in [-0.1, -0.05) is 0 Å². The van der Waals surface area contributed by atoms with E-state index in [9.17, 15) is 4.79 Å². The van der Waals surface area contributed by atoms with Crippen LogP contribution < -0.4 is 10.2 Å². The molecule has 0 bridgehead atoms. The van der Waals surface area contributed by atoms with Crippen molar-refractivity contribution in [3.05, 3.63) is 12.4 Å². The van der Waals surface area contributed by atoms with Crippen LogP contribution in [0.2, 0.25) is 0 Å². The summed E-state index contributed by atoms with van der Waals surface area (Å²) in [5.41, 5.74) is 0.897. The van der Waals surface area contributed by atoms with Crippen LogP contribution in [0, 0.1) is 5.92 Å². The maximum Gasteiger partial charge on any atom is 0.244 e. The summed E-state index contributed by atoms with van der Waals surface area (Å²) in [5, 5.41) is 7.67. The SMILES string of the molecule is CC(CC1CCOCC1)NC1CCN(c2cnn(C)c2)C1=O. The molecule has 1 amide bonds. The normalized spacial score (nSPS) is 24.9. The summed E-state index contributed by atoms with van der Waals surface area (Å²) in [6.07, 6.45) is 7.93. The molecule has 0 aromatic carbocycles. The van der Waals surface area contributed by atoms with E-state index in [-0.39, 0.29) is 11.9 Å². The second-order valence-corrected chi connectivity index (χ2v) is 6.56. The molecule has 0 saturated carbocycles. The summed E-state index contributed by atoms with van der Waals surface area (Å²) in [6.45, 7) is 4.73. The first-order valence-electron chi connectivity index (χ1n) is 8.27. The number of aromatic nitrogens is 2. The van der Waals surface area contributed by atoms with Gasteiger partial charge in [-0.2, -0.15) is 5.10 Å². The van der Waals surface area contributed by atoms with Crippen molar-refractivity contribution in [3.63, 3.8) is 0 Å². The van der Waals surface area contributed by atoms with Crippen molar-refractivity contribution < 1.29 is 9.53 Å². The lowest BCUT2D eigenvalue weighted by molar-refractivity contribution is -0.119. The number of hydrogen-bond acceptors (Lipinski definition) is 4. The van der Waals surface area contributed by atoms with E-state index in [4.69, 9.17) is 4.74 Å². The number of aryl methyl sites for hydroxylation is 1. The van der Waals surface area contributed by atoms with Gasteiger partial charge < -0.3 is 15.0 Å². The minimum absolute atomic E-state index is 0.0601. The van der Waals surface area contributed by atoms with Gasteiger partial charge in [0.2, 0.25) is 5.91 Å². The standard InChI is InChI=1S/C16H26N4O2/c1-12(9-13-4-7-22-8-5-13)18-15-3-6-20(16(15)21)14-10-17-19(2)11-14/h10-13,15,18H,3-9H2,1-2H3. The van der Waals surface area contributed by atoms with Gasteiger partial charge in [0.25, 0.3) is 0 Å². The van der Waals surface area contributed by atoms with Crippen molar-refractivity contribution in [2.45, 2.75) is 44.7 Å². The van der Waals surface area contributed by atoms with E-state index in [1.54, 1.807) is 10.9 Å². The molecule has 2 saturated heterocycles. The number of nitrogens with zero attached hydrogens (tertiary/aromatic N) is 3. The predicted octanol–water partition coefficient (Wildman–Crippen LogP) is 1.32. The fourth-order valence-corrected chi connectivity index (χ4v) is 3.53. The van der Waals surface area contributed by atoms with E-state index in [0.29, 0.717) is 6.04 Å². The first-order valence-corrected chi connectivity index (χ1v) is 8.27. The van der Waals surface area contributed by atoms with Crippen molar-refractivity contribution in [2.75, 3.05) is 24.7 Å². The van der Waals surface area contributed by atoms with Gasteiger partial charge in [-0.3, -0.25) is 9.48 Å². The van der Waals surface area contributed by atoms with Crippen molar-refractivity contribution in [1.29, 1.82) is 0 Å². The first-order chi connectivity index (χ1) is 10.6. The maximum absolute atomic E-state index is 12.5. The van der Waals surface area contributed by atoms with E-state index < -0.39 is 0 Å². The molecule has 2 aliphatic rings. The number of rotatable bonds is 5. The number of ether oxygens (including phenoxy) is 1. The van der Waals surface area contributed by atoms with Crippen LogP contribution in [0.25, 0.3) is 0 Å². The van der Waals surface area contributed by atoms with Crippen LogP contribution in [0.15, 0.2) is 12.4 Å². The van der Waals surface area contributed by atoms with Gasteiger partial charge in [-0.25, -0.2) is 0 Å². The number of hydrogen-bond donors (Lipinski definition) is 1. The van der Waals surface area contributed by atoms with Gasteiger partial charge in [0.05, 0.1) is 17.9 Å². The molecule has 0 aliphatic carbocycles. The zero-order valence-electron chi connectivity index (χ0n) is 13.5. The van der Waals surface area contributed by atoms with Crippen LogP contribution in [0.1, 0.15) is 32.6 Å². The Kier molecular flexibility index (Phi) is 4.78. The lowest BCUT2D eigenvalue weighted by Gasteiger charge is -2.26. The number of carbonyl (C=O) groups is 1. The van der Waals surface area contributed by atoms with Crippen LogP contribution in [0.5, 0.6) is 0 Å². The molecule has 0 radical (unpaired) electrons. The smallest absolute Gasteiger partial charge is 0.244 e. The Hall–Kier alpha value is -1.40. The first kappa shape index (κ1) is 15.5. The molecule has 2 fully saturated rings. The van der Waals surface area contributed by atoms with Gasteiger partial charge in [0, 0.05) is 39.0 Å². The number of carbonyl (C=O) groups excluding carboxylic acids is 1. The second kappa shape index (κ2) is 6.79. The molecule has 3 rings (SSSR count). The Bertz CT molecular complexity index is 510. The van der Waals surface area contributed by atoms with Crippen LogP contribution >= 0.6 is 0 Å². The highest BCUT2D eigenvalue weighted by molar-refractivity contribution is 5.99. The molecule has 1 aromatic heterocycles. The molecule has 2 aliphatic heterocycles. The lowest BCUT2D eigenvalue weighted by Crippen LogP contribution is -2.43. The molecule has 1 aromatic rings. The molecule has 122 valence electrons. The van der Waals surface area contributed by atoms with Crippen LogP contribution in [0.3, 0.4) is 0 Å². The second-order valence-electron chi connectivity index (χ2n) is 6.56. The summed E-state index contributed by atoms with van der Waals surface area (Å²) in [6, 6.07) is 0.306. The van der Waals surface area contributed by atoms with Gasteiger partial charge >= 0.3 is 0 Å². The molecule has 1 N–H and O–H groups in total. The summed E-state index contributed by atoms with van der Waals surface area (Å²) in [7, 11) is 1.87. The Morgan fingerprint density at radius 2 is 2.18 bits per heavy atom. The number of nitrogens with one attached hydrogen (secondary N) is 1. The Morgan fingerprint density at radius 1 is 1.41 bits per heavy atom. The third-order valence-electron chi connectivity index (χ3n) is 4.72. The molecule has 22 heavy (non-hydrogen) atoms. The number of amides is 1. The summed E-state index contributed by atoms with van der Waals surface area (Å²) < 4.78 is 7.14. The molecule has 6 heteroatoms. The van der Waals surface area contributed by atoms with E-state index in [0.717, 1.165) is 57.0 Å². The largest absolute Gasteiger partial charge is 0.381 e. The zero-order chi connectivity index (χ0) is 15.5. The highest BCUT2D eigenvalue weighted by atomic mass is 16.5. The summed E-state index contributed by atoms with van der Waals surface area (Å²) in [4.78, 5) is 14.4. The molecule has 2 unspecified atom stereocenters. The fourth-order valence-electron chi connectivity index (χ4n) is 3.53. The monoisotopic (exact) mass is 306 g/mol. The van der Waals surface area contributed by atoms with E-state index in [1.807, 2.05) is 18.1 Å². The van der Waals surface area contributed by atoms with Crippen LogP contribution in [-0.4, -0.2) is 47.5 Å². The molecule has 3 heterocycles. The predicted molar refractivity (Wildman–Crippen MR) is 84.7 cm³/mol. The summed E-state index contributed by atoms with van der Waals surface area (Å²) >= 11 is 0. The third-order valence-corrected chi connectivity index (χ3v) is 4.72. The van der Waals surface area contributed by atoms with Gasteiger partial charge in [0.1, 0.15) is 0 Å². The molecule has 6 nitrogen and oxygen atoms in total. The third kappa shape index (κ3) is 3.50. The topological polar surface area (TPSA) is 59.4 Å². The van der Waals surface area contributed by atoms with Gasteiger partial charge in [-0.05, 0) is 38.5 Å². The van der Waals surface area contributed by atoms with E-state index >= 15 is 0 Å². The van der Waals surface area contributed by atoms with Crippen LogP contribution in [0.4, 0.5) is 5.69 Å². The zero-order valence-corrected chi connectivity index (χ0v) is 13.5. The fraction of sp³-hybridized carbons (Fsp3) is 0.750. The van der Waals surface area contributed by atoms with Crippen molar-refractivity contribution in [1.82, 2.24) is 15.1 Å². The van der Waals surface area contributed by atoms with E-state index in [2.05, 4.69) is 17.3 Å². The minimum atomic E-state index is -0.0601. The van der Waals surface area contributed by atoms with Crippen LogP contribution in [-0.2, 0) is 16.6 Å². The highest BCUT2D eigenvalue weighted by Crippen LogP contribution is 2.23. The van der Waals surface area contributed by atoms with Gasteiger partial charge in [-0.15, -0.1) is 0 Å². The summed E-state index contributed by atoms with van der Waals surface area (Å²) in [5.74, 6) is 0.897. The van der Waals surface area contributed by atoms with Crippen molar-refractivity contribution in [2.24, 2.45) is 13.0 Å². The molecule has 0 spiro atoms. The average molecular weight is 306 g/mol. The number of anilines is 1.